The Morgan fingerprint density at radius 2 is 1.86 bits per heavy atom. The third-order valence-electron chi connectivity index (χ3n) is 7.70. The van der Waals surface area contributed by atoms with E-state index in [1.54, 1.807) is 6.07 Å². The van der Waals surface area contributed by atoms with Crippen molar-refractivity contribution >= 4 is 22.8 Å². The SMILES string of the molecule is CCN1CCc2nc(Nc3ncc(F)c(-c4cc(F)c5nc(C)n(C6CCCCC6)c5c4)n3)ccc2C1. The van der Waals surface area contributed by atoms with E-state index in [1.165, 1.54) is 18.1 Å². The predicted molar refractivity (Wildman–Crippen MR) is 140 cm³/mol. The highest BCUT2D eigenvalue weighted by Gasteiger charge is 2.23. The van der Waals surface area contributed by atoms with E-state index in [0.29, 0.717) is 22.4 Å². The van der Waals surface area contributed by atoms with Crippen LogP contribution in [0.3, 0.4) is 0 Å². The molecule has 192 valence electrons. The second kappa shape index (κ2) is 9.78. The van der Waals surface area contributed by atoms with E-state index in [-0.39, 0.29) is 17.7 Å². The first-order valence-corrected chi connectivity index (χ1v) is 13.2. The summed E-state index contributed by atoms with van der Waals surface area (Å²) >= 11 is 0. The fourth-order valence-corrected chi connectivity index (χ4v) is 5.76. The molecule has 1 aliphatic heterocycles. The molecule has 0 unspecified atom stereocenters. The summed E-state index contributed by atoms with van der Waals surface area (Å²) in [6, 6.07) is 7.35. The molecule has 3 aromatic heterocycles. The van der Waals surface area contributed by atoms with Gasteiger partial charge in [0.05, 0.1) is 11.7 Å². The quantitative estimate of drug-likeness (QED) is 0.355. The standard InChI is InChI=1S/C28H31F2N7/c1-3-36-12-11-23-18(16-36)9-10-25(33-23)34-28-31-15-22(30)26(35-28)19-13-21(29)27-24(14-19)37(17(2)32-27)20-7-5-4-6-8-20/h9-10,13-15,20H,3-8,11-12,16H2,1-2H3,(H,31,33,34,35). The van der Waals surface area contributed by atoms with Crippen LogP contribution in [0.4, 0.5) is 20.5 Å². The Labute approximate surface area is 215 Å². The molecule has 0 atom stereocenters. The summed E-state index contributed by atoms with van der Waals surface area (Å²) in [5.41, 5.74) is 3.68. The molecule has 0 saturated heterocycles. The lowest BCUT2D eigenvalue weighted by Gasteiger charge is -2.27. The van der Waals surface area contributed by atoms with E-state index in [9.17, 15) is 4.39 Å². The minimum Gasteiger partial charge on any atom is -0.325 e. The summed E-state index contributed by atoms with van der Waals surface area (Å²) in [6.45, 7) is 6.95. The van der Waals surface area contributed by atoms with Crippen LogP contribution in [-0.4, -0.2) is 42.5 Å². The van der Waals surface area contributed by atoms with Gasteiger partial charge in [-0.1, -0.05) is 32.3 Å². The smallest absolute Gasteiger partial charge is 0.229 e. The van der Waals surface area contributed by atoms with Crippen molar-refractivity contribution in [1.82, 2.24) is 29.4 Å². The number of aryl methyl sites for hydroxylation is 1. The molecular formula is C28H31F2N7. The lowest BCUT2D eigenvalue weighted by molar-refractivity contribution is 0.266. The molecule has 1 aromatic carbocycles. The molecule has 7 nitrogen and oxygen atoms in total. The molecule has 0 spiro atoms. The molecule has 0 bridgehead atoms. The molecule has 1 aliphatic carbocycles. The normalized spacial score (nSPS) is 16.8. The van der Waals surface area contributed by atoms with Crippen molar-refractivity contribution in [3.05, 3.63) is 59.2 Å². The Kier molecular flexibility index (Phi) is 6.32. The van der Waals surface area contributed by atoms with E-state index in [4.69, 9.17) is 4.98 Å². The van der Waals surface area contributed by atoms with Gasteiger partial charge in [0.15, 0.2) is 11.6 Å². The largest absolute Gasteiger partial charge is 0.325 e. The summed E-state index contributed by atoms with van der Waals surface area (Å²) in [5, 5.41) is 3.11. The number of pyridine rings is 1. The first kappa shape index (κ1) is 23.9. The zero-order chi connectivity index (χ0) is 25.5. The summed E-state index contributed by atoms with van der Waals surface area (Å²) in [6.07, 6.45) is 7.59. The van der Waals surface area contributed by atoms with Crippen LogP contribution in [0, 0.1) is 18.6 Å². The van der Waals surface area contributed by atoms with Crippen LogP contribution >= 0.6 is 0 Å². The topological polar surface area (TPSA) is 71.8 Å². The third kappa shape index (κ3) is 4.56. The number of benzene rings is 1. The number of rotatable bonds is 5. The van der Waals surface area contributed by atoms with Gasteiger partial charge in [-0.15, -0.1) is 0 Å². The van der Waals surface area contributed by atoms with Crippen molar-refractivity contribution in [1.29, 1.82) is 0 Å². The average molecular weight is 504 g/mol. The Bertz CT molecular complexity index is 1460. The van der Waals surface area contributed by atoms with Gasteiger partial charge in [-0.2, -0.15) is 0 Å². The Morgan fingerprint density at radius 1 is 1.03 bits per heavy atom. The van der Waals surface area contributed by atoms with Crippen molar-refractivity contribution in [2.24, 2.45) is 0 Å². The molecule has 1 saturated carbocycles. The lowest BCUT2D eigenvalue weighted by Crippen LogP contribution is -2.30. The number of hydrogen-bond donors (Lipinski definition) is 1. The van der Waals surface area contributed by atoms with Crippen molar-refractivity contribution < 1.29 is 8.78 Å². The monoisotopic (exact) mass is 503 g/mol. The molecule has 4 heterocycles. The van der Waals surface area contributed by atoms with Crippen LogP contribution in [0.25, 0.3) is 22.3 Å². The number of aromatic nitrogens is 5. The van der Waals surface area contributed by atoms with E-state index < -0.39 is 11.6 Å². The van der Waals surface area contributed by atoms with Crippen molar-refractivity contribution in [3.8, 4) is 11.3 Å². The highest BCUT2D eigenvalue weighted by atomic mass is 19.1. The van der Waals surface area contributed by atoms with Gasteiger partial charge in [0, 0.05) is 36.8 Å². The zero-order valence-electron chi connectivity index (χ0n) is 21.3. The molecule has 0 amide bonds. The molecule has 0 radical (unpaired) electrons. The number of halogens is 2. The van der Waals surface area contributed by atoms with Crippen molar-refractivity contribution in [3.63, 3.8) is 0 Å². The minimum absolute atomic E-state index is 0.0453. The number of nitrogens with zero attached hydrogens (tertiary/aromatic N) is 6. The molecule has 4 aromatic rings. The van der Waals surface area contributed by atoms with E-state index in [0.717, 1.165) is 69.5 Å². The highest BCUT2D eigenvalue weighted by molar-refractivity contribution is 5.83. The average Bonchev–Trinajstić information content (AvgIpc) is 3.26. The van der Waals surface area contributed by atoms with Crippen LogP contribution in [-0.2, 0) is 13.0 Å². The van der Waals surface area contributed by atoms with Gasteiger partial charge in [-0.3, -0.25) is 4.90 Å². The number of fused-ring (bicyclic) bond motifs is 2. The van der Waals surface area contributed by atoms with Crippen LogP contribution in [0.2, 0.25) is 0 Å². The zero-order valence-corrected chi connectivity index (χ0v) is 21.3. The fraction of sp³-hybridized carbons (Fsp3) is 0.429. The van der Waals surface area contributed by atoms with E-state index in [1.807, 2.05) is 13.0 Å². The number of nitrogens with one attached hydrogen (secondary N) is 1. The molecule has 1 N–H and O–H groups in total. The summed E-state index contributed by atoms with van der Waals surface area (Å²) in [5.74, 6) is 0.517. The highest BCUT2D eigenvalue weighted by Crippen LogP contribution is 2.35. The van der Waals surface area contributed by atoms with Gasteiger partial charge >= 0.3 is 0 Å². The van der Waals surface area contributed by atoms with Gasteiger partial charge in [0.1, 0.15) is 22.9 Å². The van der Waals surface area contributed by atoms with Crippen LogP contribution < -0.4 is 5.32 Å². The van der Waals surface area contributed by atoms with Gasteiger partial charge < -0.3 is 9.88 Å². The predicted octanol–water partition coefficient (Wildman–Crippen LogP) is 6.10. The summed E-state index contributed by atoms with van der Waals surface area (Å²) in [7, 11) is 0. The minimum atomic E-state index is -0.609. The van der Waals surface area contributed by atoms with Gasteiger partial charge in [-0.25, -0.2) is 28.7 Å². The molecule has 1 fully saturated rings. The lowest BCUT2D eigenvalue weighted by atomic mass is 9.95. The van der Waals surface area contributed by atoms with E-state index in [2.05, 4.69) is 42.7 Å². The molecule has 6 rings (SSSR count). The van der Waals surface area contributed by atoms with Crippen LogP contribution in [0.1, 0.15) is 62.2 Å². The van der Waals surface area contributed by atoms with Gasteiger partial charge in [-0.05, 0) is 50.1 Å². The van der Waals surface area contributed by atoms with Crippen LogP contribution in [0.5, 0.6) is 0 Å². The van der Waals surface area contributed by atoms with Gasteiger partial charge in [0.25, 0.3) is 0 Å². The Balaban J connectivity index is 1.34. The Hall–Kier alpha value is -3.46. The molecule has 37 heavy (non-hydrogen) atoms. The third-order valence-corrected chi connectivity index (χ3v) is 7.70. The Morgan fingerprint density at radius 3 is 2.68 bits per heavy atom. The van der Waals surface area contributed by atoms with Gasteiger partial charge in [0.2, 0.25) is 5.95 Å². The first-order valence-electron chi connectivity index (χ1n) is 13.2. The number of anilines is 2. The number of imidazole rings is 1. The van der Waals surface area contributed by atoms with Crippen molar-refractivity contribution in [2.45, 2.75) is 65.0 Å². The summed E-state index contributed by atoms with van der Waals surface area (Å²) in [4.78, 5) is 20.2. The maximum atomic E-state index is 15.2. The second-order valence-electron chi connectivity index (χ2n) is 10.1. The fourth-order valence-electron chi connectivity index (χ4n) is 5.76. The van der Waals surface area contributed by atoms with Crippen molar-refractivity contribution in [2.75, 3.05) is 18.4 Å². The number of hydrogen-bond acceptors (Lipinski definition) is 6. The second-order valence-corrected chi connectivity index (χ2v) is 10.1. The summed E-state index contributed by atoms with van der Waals surface area (Å²) < 4.78 is 32.3. The first-order chi connectivity index (χ1) is 18.0. The molecule has 2 aliphatic rings. The van der Waals surface area contributed by atoms with E-state index >= 15 is 4.39 Å². The maximum Gasteiger partial charge on any atom is 0.229 e. The van der Waals surface area contributed by atoms with Crippen LogP contribution in [0.15, 0.2) is 30.5 Å². The number of likely N-dealkylation sites (N-methyl/N-ethyl adjacent to an activating group) is 1. The molecular weight excluding hydrogens is 472 g/mol. The maximum absolute atomic E-state index is 15.2. The molecule has 9 heteroatoms.